The number of carbonyl (C=O) groups is 3. The topological polar surface area (TPSA) is 78.5 Å². The fraction of sp³-hybridized carbons (Fsp3) is 0.526. The van der Waals surface area contributed by atoms with Gasteiger partial charge in [0.15, 0.2) is 0 Å². The van der Waals surface area contributed by atoms with Gasteiger partial charge in [0.1, 0.15) is 12.1 Å². The van der Waals surface area contributed by atoms with Crippen molar-refractivity contribution in [2.75, 3.05) is 11.9 Å². The highest BCUT2D eigenvalue weighted by Crippen LogP contribution is 2.39. The molecular weight excluding hydrogens is 432 g/mol. The number of alkyl halides is 6. The summed E-state index contributed by atoms with van der Waals surface area (Å²) < 4.78 is 77.7. The third-order valence-corrected chi connectivity index (χ3v) is 5.67. The molecule has 0 aromatic heterocycles. The van der Waals surface area contributed by atoms with E-state index in [-0.39, 0.29) is 12.0 Å². The number of benzene rings is 1. The molecule has 1 aliphatic carbocycles. The largest absolute Gasteiger partial charge is 0.416 e. The van der Waals surface area contributed by atoms with E-state index in [0.717, 1.165) is 6.42 Å². The molecule has 1 aliphatic heterocycles. The van der Waals surface area contributed by atoms with E-state index in [9.17, 15) is 40.7 Å². The van der Waals surface area contributed by atoms with Crippen molar-refractivity contribution in [3.63, 3.8) is 0 Å². The van der Waals surface area contributed by atoms with Crippen LogP contribution in [-0.2, 0) is 21.9 Å². The van der Waals surface area contributed by atoms with Crippen LogP contribution in [0, 0.1) is 5.92 Å². The van der Waals surface area contributed by atoms with Gasteiger partial charge < -0.3 is 10.6 Å². The molecule has 12 heteroatoms. The second-order valence-corrected chi connectivity index (χ2v) is 7.78. The molecule has 1 saturated heterocycles. The van der Waals surface area contributed by atoms with Crippen molar-refractivity contribution in [1.29, 1.82) is 0 Å². The SMILES string of the molecule is C[C@H]1CCCC[C@@]12NC(=O)N(CC(=O)Nc1cc(C(F)(F)F)cc(C(F)(F)F)c1)C2=O. The Labute approximate surface area is 173 Å². The molecule has 1 saturated carbocycles. The highest BCUT2D eigenvalue weighted by Gasteiger charge is 2.55. The van der Waals surface area contributed by atoms with E-state index < -0.39 is 59.1 Å². The molecule has 1 spiro atoms. The highest BCUT2D eigenvalue weighted by molar-refractivity contribution is 6.10. The number of anilines is 1. The first-order valence-corrected chi connectivity index (χ1v) is 9.47. The normalized spacial score (nSPS) is 24.5. The Kier molecular flexibility index (Phi) is 5.70. The Morgan fingerprint density at radius 1 is 1.10 bits per heavy atom. The van der Waals surface area contributed by atoms with Gasteiger partial charge in [-0.15, -0.1) is 0 Å². The van der Waals surface area contributed by atoms with Crippen molar-refractivity contribution >= 4 is 23.5 Å². The quantitative estimate of drug-likeness (QED) is 0.535. The van der Waals surface area contributed by atoms with Gasteiger partial charge >= 0.3 is 18.4 Å². The lowest BCUT2D eigenvalue weighted by Crippen LogP contribution is -2.54. The minimum Gasteiger partial charge on any atom is -0.325 e. The van der Waals surface area contributed by atoms with Crippen molar-refractivity contribution in [3.05, 3.63) is 29.3 Å². The molecule has 2 atom stereocenters. The molecule has 0 radical (unpaired) electrons. The van der Waals surface area contributed by atoms with Crippen LogP contribution in [0.2, 0.25) is 0 Å². The summed E-state index contributed by atoms with van der Waals surface area (Å²) >= 11 is 0. The molecule has 3 rings (SSSR count). The maximum atomic E-state index is 13.0. The number of nitrogens with zero attached hydrogens (tertiary/aromatic N) is 1. The smallest absolute Gasteiger partial charge is 0.325 e. The van der Waals surface area contributed by atoms with Crippen molar-refractivity contribution < 1.29 is 40.7 Å². The standard InChI is InChI=1S/C19H19F6N3O3/c1-10-4-2-3-5-17(10)15(30)28(16(31)27-17)9-14(29)26-13-7-11(18(20,21)22)6-12(8-13)19(23,24)25/h6-8,10H,2-5,9H2,1H3,(H,26,29)(H,27,31)/t10-,17+/m0/s1. The zero-order chi connectivity index (χ0) is 23.2. The molecule has 170 valence electrons. The molecule has 6 nitrogen and oxygen atoms in total. The summed E-state index contributed by atoms with van der Waals surface area (Å²) in [6.45, 7) is 0.957. The van der Waals surface area contributed by atoms with Gasteiger partial charge in [-0.25, -0.2) is 4.79 Å². The lowest BCUT2D eigenvalue weighted by molar-refractivity contribution is -0.143. The van der Waals surface area contributed by atoms with Crippen LogP contribution in [0.4, 0.5) is 36.8 Å². The number of rotatable bonds is 3. The number of hydrogen-bond acceptors (Lipinski definition) is 3. The van der Waals surface area contributed by atoms with Crippen molar-refractivity contribution in [3.8, 4) is 0 Å². The first-order chi connectivity index (χ1) is 14.2. The van der Waals surface area contributed by atoms with E-state index in [1.54, 1.807) is 6.92 Å². The molecule has 1 aromatic rings. The average molecular weight is 451 g/mol. The lowest BCUT2D eigenvalue weighted by Gasteiger charge is -2.36. The Hall–Kier alpha value is -2.79. The molecule has 0 bridgehead atoms. The number of hydrogen-bond donors (Lipinski definition) is 2. The fourth-order valence-electron chi connectivity index (χ4n) is 4.01. The molecule has 0 unspecified atom stereocenters. The van der Waals surface area contributed by atoms with Gasteiger partial charge in [-0.05, 0) is 37.0 Å². The van der Waals surface area contributed by atoms with E-state index in [1.165, 1.54) is 0 Å². The molecular formula is C19H19F6N3O3. The second kappa shape index (κ2) is 7.72. The minimum absolute atomic E-state index is 0.0681. The first-order valence-electron chi connectivity index (χ1n) is 9.47. The highest BCUT2D eigenvalue weighted by atomic mass is 19.4. The molecule has 1 aromatic carbocycles. The number of halogens is 6. The predicted octanol–water partition coefficient (Wildman–Crippen LogP) is 4.16. The van der Waals surface area contributed by atoms with Gasteiger partial charge in [0.05, 0.1) is 11.1 Å². The Morgan fingerprint density at radius 3 is 2.19 bits per heavy atom. The summed E-state index contributed by atoms with van der Waals surface area (Å²) in [5.41, 5.74) is -5.08. The molecule has 2 N–H and O–H groups in total. The van der Waals surface area contributed by atoms with Crippen LogP contribution in [0.5, 0.6) is 0 Å². The number of imide groups is 1. The Balaban J connectivity index is 1.79. The zero-order valence-electron chi connectivity index (χ0n) is 16.3. The van der Waals surface area contributed by atoms with Crippen LogP contribution in [-0.4, -0.2) is 34.8 Å². The summed E-state index contributed by atoms with van der Waals surface area (Å²) in [4.78, 5) is 38.0. The van der Waals surface area contributed by atoms with Crippen molar-refractivity contribution in [2.45, 2.75) is 50.5 Å². The van der Waals surface area contributed by atoms with Gasteiger partial charge in [-0.2, -0.15) is 26.3 Å². The third kappa shape index (κ3) is 4.47. The maximum absolute atomic E-state index is 13.0. The van der Waals surface area contributed by atoms with Gasteiger partial charge in [0.2, 0.25) is 5.91 Å². The fourth-order valence-corrected chi connectivity index (χ4v) is 4.01. The van der Waals surface area contributed by atoms with Crippen LogP contribution in [0.15, 0.2) is 18.2 Å². The van der Waals surface area contributed by atoms with Crippen molar-refractivity contribution in [1.82, 2.24) is 10.2 Å². The molecule has 1 heterocycles. The van der Waals surface area contributed by atoms with Crippen LogP contribution in [0.3, 0.4) is 0 Å². The lowest BCUT2D eigenvalue weighted by atomic mass is 9.73. The van der Waals surface area contributed by atoms with Gasteiger partial charge in [-0.3, -0.25) is 14.5 Å². The summed E-state index contributed by atoms with van der Waals surface area (Å²) in [6.07, 6.45) is -7.50. The maximum Gasteiger partial charge on any atom is 0.416 e. The summed E-state index contributed by atoms with van der Waals surface area (Å²) in [6, 6.07) is -0.191. The van der Waals surface area contributed by atoms with Crippen LogP contribution in [0.1, 0.15) is 43.7 Å². The average Bonchev–Trinajstić information content (AvgIpc) is 2.87. The van der Waals surface area contributed by atoms with Gasteiger partial charge in [-0.1, -0.05) is 19.8 Å². The van der Waals surface area contributed by atoms with Crippen LogP contribution in [0.25, 0.3) is 0 Å². The van der Waals surface area contributed by atoms with Crippen molar-refractivity contribution in [2.24, 2.45) is 5.92 Å². The number of nitrogens with one attached hydrogen (secondary N) is 2. The molecule has 31 heavy (non-hydrogen) atoms. The number of amides is 4. The van der Waals surface area contributed by atoms with E-state index in [1.807, 2.05) is 5.32 Å². The Bertz CT molecular complexity index is 882. The van der Waals surface area contributed by atoms with E-state index in [0.29, 0.717) is 36.3 Å². The predicted molar refractivity (Wildman–Crippen MR) is 95.7 cm³/mol. The third-order valence-electron chi connectivity index (χ3n) is 5.67. The molecule has 2 fully saturated rings. The molecule has 4 amide bonds. The zero-order valence-corrected chi connectivity index (χ0v) is 16.3. The van der Waals surface area contributed by atoms with Crippen LogP contribution < -0.4 is 10.6 Å². The summed E-state index contributed by atoms with van der Waals surface area (Å²) in [7, 11) is 0. The van der Waals surface area contributed by atoms with Gasteiger partial charge in [0.25, 0.3) is 5.91 Å². The Morgan fingerprint density at radius 2 is 1.68 bits per heavy atom. The van der Waals surface area contributed by atoms with E-state index in [2.05, 4.69) is 5.32 Å². The number of carbonyl (C=O) groups excluding carboxylic acids is 3. The van der Waals surface area contributed by atoms with Crippen LogP contribution >= 0.6 is 0 Å². The van der Waals surface area contributed by atoms with Gasteiger partial charge in [0, 0.05) is 5.69 Å². The summed E-state index contributed by atoms with van der Waals surface area (Å²) in [5.74, 6) is -1.90. The monoisotopic (exact) mass is 451 g/mol. The molecule has 2 aliphatic rings. The minimum atomic E-state index is -5.07. The van der Waals surface area contributed by atoms with E-state index in [4.69, 9.17) is 0 Å². The first kappa shape index (κ1) is 22.9. The second-order valence-electron chi connectivity index (χ2n) is 7.78. The van der Waals surface area contributed by atoms with E-state index >= 15 is 0 Å². The summed E-state index contributed by atoms with van der Waals surface area (Å²) in [5, 5.41) is 4.53. The number of urea groups is 1.